The summed E-state index contributed by atoms with van der Waals surface area (Å²) in [5.74, 6) is 3.43. The SMILES string of the molecule is C1=CC2CC1C[C]2Cc1ccccc1. The molecule has 1 saturated carbocycles. The summed E-state index contributed by atoms with van der Waals surface area (Å²) < 4.78 is 0. The van der Waals surface area contributed by atoms with Gasteiger partial charge in [0.05, 0.1) is 0 Å². The standard InChI is InChI=1S/C14H15/c1-2-4-11(5-3-1)8-14-10-12-6-7-13(14)9-12/h1-7,12-13H,8-10H2. The Bertz CT molecular complexity index is 336. The minimum Gasteiger partial charge on any atom is -0.0851 e. The molecule has 2 atom stereocenters. The molecule has 1 fully saturated rings. The summed E-state index contributed by atoms with van der Waals surface area (Å²) in [6.07, 6.45) is 8.75. The molecule has 0 spiro atoms. The molecule has 1 radical (unpaired) electrons. The Morgan fingerprint density at radius 2 is 1.93 bits per heavy atom. The quantitative estimate of drug-likeness (QED) is 0.616. The average Bonchev–Trinajstić information content (AvgIpc) is 2.81. The van der Waals surface area contributed by atoms with E-state index in [1.165, 1.54) is 24.8 Å². The van der Waals surface area contributed by atoms with Crippen LogP contribution in [-0.2, 0) is 6.42 Å². The first kappa shape index (κ1) is 8.28. The zero-order chi connectivity index (χ0) is 9.38. The predicted octanol–water partition coefficient (Wildman–Crippen LogP) is 3.40. The fraction of sp³-hybridized carbons (Fsp3) is 0.357. The van der Waals surface area contributed by atoms with Gasteiger partial charge in [-0.3, -0.25) is 0 Å². The van der Waals surface area contributed by atoms with Crippen molar-refractivity contribution >= 4 is 0 Å². The number of rotatable bonds is 2. The molecular weight excluding hydrogens is 168 g/mol. The van der Waals surface area contributed by atoms with E-state index >= 15 is 0 Å². The summed E-state index contributed by atoms with van der Waals surface area (Å²) in [7, 11) is 0. The van der Waals surface area contributed by atoms with E-state index in [1.54, 1.807) is 5.92 Å². The molecule has 2 unspecified atom stereocenters. The van der Waals surface area contributed by atoms with Crippen LogP contribution in [0.2, 0.25) is 0 Å². The lowest BCUT2D eigenvalue weighted by Gasteiger charge is -2.17. The smallest absolute Gasteiger partial charge is 0.0123 e. The van der Waals surface area contributed by atoms with Gasteiger partial charge in [-0.2, -0.15) is 0 Å². The Hall–Kier alpha value is -1.04. The normalized spacial score (nSPS) is 30.0. The molecule has 0 amide bonds. The number of fused-ring (bicyclic) bond motifs is 2. The summed E-state index contributed by atoms with van der Waals surface area (Å²) in [6, 6.07) is 10.8. The second kappa shape index (κ2) is 3.27. The Balaban J connectivity index is 1.72. The lowest BCUT2D eigenvalue weighted by Crippen LogP contribution is -2.07. The van der Waals surface area contributed by atoms with Gasteiger partial charge in [-0.1, -0.05) is 42.5 Å². The van der Waals surface area contributed by atoms with Gasteiger partial charge >= 0.3 is 0 Å². The van der Waals surface area contributed by atoms with Crippen molar-refractivity contribution in [1.29, 1.82) is 0 Å². The number of allylic oxidation sites excluding steroid dienone is 2. The zero-order valence-corrected chi connectivity index (χ0v) is 8.32. The fourth-order valence-electron chi connectivity index (χ4n) is 2.78. The predicted molar refractivity (Wildman–Crippen MR) is 58.7 cm³/mol. The van der Waals surface area contributed by atoms with Gasteiger partial charge in [0.15, 0.2) is 0 Å². The first-order chi connectivity index (χ1) is 6.92. The van der Waals surface area contributed by atoms with Crippen molar-refractivity contribution in [3.63, 3.8) is 0 Å². The molecule has 2 aliphatic carbocycles. The Morgan fingerprint density at radius 3 is 2.57 bits per heavy atom. The minimum atomic E-state index is 0.806. The molecule has 2 aliphatic rings. The van der Waals surface area contributed by atoms with Crippen molar-refractivity contribution in [3.8, 4) is 0 Å². The van der Waals surface area contributed by atoms with Gasteiger partial charge in [0, 0.05) is 0 Å². The van der Waals surface area contributed by atoms with E-state index in [2.05, 4.69) is 42.5 Å². The molecule has 14 heavy (non-hydrogen) atoms. The summed E-state index contributed by atoms with van der Waals surface area (Å²) in [6.45, 7) is 0. The van der Waals surface area contributed by atoms with Crippen molar-refractivity contribution in [3.05, 3.63) is 54.0 Å². The van der Waals surface area contributed by atoms with Crippen LogP contribution in [-0.4, -0.2) is 0 Å². The molecule has 71 valence electrons. The molecule has 1 aromatic rings. The van der Waals surface area contributed by atoms with Crippen molar-refractivity contribution < 1.29 is 0 Å². The lowest BCUT2D eigenvalue weighted by atomic mass is 9.88. The molecule has 0 aliphatic heterocycles. The van der Waals surface area contributed by atoms with Gasteiger partial charge in [-0.15, -0.1) is 0 Å². The summed E-state index contributed by atoms with van der Waals surface area (Å²) in [4.78, 5) is 0. The Kier molecular flexibility index (Phi) is 1.93. The van der Waals surface area contributed by atoms with E-state index in [0.717, 1.165) is 11.8 Å². The molecular formula is C14H15. The molecule has 0 heteroatoms. The van der Waals surface area contributed by atoms with E-state index in [-0.39, 0.29) is 0 Å². The topological polar surface area (TPSA) is 0 Å². The monoisotopic (exact) mass is 183 g/mol. The van der Waals surface area contributed by atoms with Crippen LogP contribution in [0.3, 0.4) is 0 Å². The molecule has 0 nitrogen and oxygen atoms in total. The highest BCUT2D eigenvalue weighted by atomic mass is 14.4. The van der Waals surface area contributed by atoms with Gasteiger partial charge in [0.25, 0.3) is 0 Å². The maximum absolute atomic E-state index is 2.41. The highest BCUT2D eigenvalue weighted by Gasteiger charge is 2.35. The third-order valence-electron chi connectivity index (χ3n) is 3.50. The van der Waals surface area contributed by atoms with E-state index in [1.807, 2.05) is 0 Å². The maximum atomic E-state index is 2.41. The van der Waals surface area contributed by atoms with Gasteiger partial charge in [-0.05, 0) is 42.6 Å². The second-order valence-corrected chi connectivity index (χ2v) is 4.51. The van der Waals surface area contributed by atoms with Crippen LogP contribution < -0.4 is 0 Å². The zero-order valence-electron chi connectivity index (χ0n) is 8.32. The van der Waals surface area contributed by atoms with Crippen LogP contribution in [0.4, 0.5) is 0 Å². The lowest BCUT2D eigenvalue weighted by molar-refractivity contribution is 0.691. The third-order valence-corrected chi connectivity index (χ3v) is 3.50. The Morgan fingerprint density at radius 1 is 1.07 bits per heavy atom. The van der Waals surface area contributed by atoms with E-state index < -0.39 is 0 Å². The van der Waals surface area contributed by atoms with Crippen molar-refractivity contribution in [2.45, 2.75) is 19.3 Å². The van der Waals surface area contributed by atoms with E-state index in [0.29, 0.717) is 0 Å². The molecule has 0 heterocycles. The number of hydrogen-bond acceptors (Lipinski definition) is 0. The van der Waals surface area contributed by atoms with Crippen molar-refractivity contribution in [2.24, 2.45) is 11.8 Å². The number of hydrogen-bond donors (Lipinski definition) is 0. The fourth-order valence-corrected chi connectivity index (χ4v) is 2.78. The molecule has 3 rings (SSSR count). The average molecular weight is 183 g/mol. The van der Waals surface area contributed by atoms with Gasteiger partial charge in [0.2, 0.25) is 0 Å². The molecule has 0 N–H and O–H groups in total. The first-order valence-electron chi connectivity index (χ1n) is 5.48. The number of benzene rings is 1. The molecule has 0 aromatic heterocycles. The van der Waals surface area contributed by atoms with Crippen LogP contribution in [0.5, 0.6) is 0 Å². The maximum Gasteiger partial charge on any atom is -0.0123 e. The van der Waals surface area contributed by atoms with Gasteiger partial charge < -0.3 is 0 Å². The van der Waals surface area contributed by atoms with Crippen LogP contribution in [0.15, 0.2) is 42.5 Å². The van der Waals surface area contributed by atoms with Gasteiger partial charge in [0.1, 0.15) is 0 Å². The van der Waals surface area contributed by atoms with Crippen LogP contribution >= 0.6 is 0 Å². The van der Waals surface area contributed by atoms with E-state index in [9.17, 15) is 0 Å². The first-order valence-corrected chi connectivity index (χ1v) is 5.48. The highest BCUT2D eigenvalue weighted by molar-refractivity contribution is 5.27. The third kappa shape index (κ3) is 1.39. The summed E-state index contributed by atoms with van der Waals surface area (Å²) >= 11 is 0. The summed E-state index contributed by atoms with van der Waals surface area (Å²) in [5, 5.41) is 0. The molecule has 2 bridgehead atoms. The second-order valence-electron chi connectivity index (χ2n) is 4.51. The molecule has 1 aromatic carbocycles. The van der Waals surface area contributed by atoms with Crippen LogP contribution in [0, 0.1) is 17.8 Å². The van der Waals surface area contributed by atoms with Crippen LogP contribution in [0.1, 0.15) is 18.4 Å². The Labute approximate surface area is 85.6 Å². The van der Waals surface area contributed by atoms with Crippen molar-refractivity contribution in [1.82, 2.24) is 0 Å². The van der Waals surface area contributed by atoms with Gasteiger partial charge in [-0.25, -0.2) is 0 Å². The van der Waals surface area contributed by atoms with Crippen LogP contribution in [0.25, 0.3) is 0 Å². The summed E-state index contributed by atoms with van der Waals surface area (Å²) in [5.41, 5.74) is 1.48. The largest absolute Gasteiger partial charge is 0.0851 e. The van der Waals surface area contributed by atoms with Crippen molar-refractivity contribution in [2.75, 3.05) is 0 Å². The highest BCUT2D eigenvalue weighted by Crippen LogP contribution is 2.46. The molecule has 0 saturated heterocycles. The minimum absolute atomic E-state index is 0.806. The van der Waals surface area contributed by atoms with E-state index in [4.69, 9.17) is 0 Å².